The Morgan fingerprint density at radius 1 is 0.943 bits per heavy atom. The number of benzene rings is 3. The van der Waals surface area contributed by atoms with Crippen LogP contribution in [0.15, 0.2) is 104 Å². The summed E-state index contributed by atoms with van der Waals surface area (Å²) in [6.07, 6.45) is 6.35. The van der Waals surface area contributed by atoms with Crippen LogP contribution in [0.25, 0.3) is 16.9 Å². The maximum Gasteiger partial charge on any atom is 0.259 e. The number of methoxy groups -OCH3 is 1. The minimum atomic E-state index is -0.315. The van der Waals surface area contributed by atoms with E-state index in [2.05, 4.69) is 15.3 Å². The highest BCUT2D eigenvalue weighted by atomic mass is 16.5. The fourth-order valence-corrected chi connectivity index (χ4v) is 3.59. The molecule has 0 saturated carbocycles. The van der Waals surface area contributed by atoms with Crippen molar-refractivity contribution in [2.75, 3.05) is 12.4 Å². The first-order valence-electron chi connectivity index (χ1n) is 10.8. The van der Waals surface area contributed by atoms with Crippen LogP contribution in [0.2, 0.25) is 0 Å². The molecule has 2 aromatic heterocycles. The zero-order chi connectivity index (χ0) is 24.0. The standard InChI is InChI=1S/C27H21N5O3/c1-34-24-13-6-5-12-22(24)26-23(18-32(31-26)20-9-3-2-4-10-20)27(33)30-19-8-7-11-21(16-19)35-25-17-28-14-15-29-25/h2-18H,1H3,(H,30,33). The second-order valence-electron chi connectivity index (χ2n) is 7.50. The molecule has 3 aromatic carbocycles. The lowest BCUT2D eigenvalue weighted by Gasteiger charge is -2.10. The van der Waals surface area contributed by atoms with E-state index >= 15 is 0 Å². The third kappa shape index (κ3) is 4.86. The van der Waals surface area contributed by atoms with Gasteiger partial charge in [0.1, 0.15) is 17.2 Å². The highest BCUT2D eigenvalue weighted by Gasteiger charge is 2.21. The number of carbonyl (C=O) groups excluding carboxylic acids is 1. The SMILES string of the molecule is COc1ccccc1-c1nn(-c2ccccc2)cc1C(=O)Nc1cccc(Oc2cnccn2)c1. The number of para-hydroxylation sites is 2. The Hall–Kier alpha value is -4.98. The van der Waals surface area contributed by atoms with Gasteiger partial charge in [-0.25, -0.2) is 9.67 Å². The number of anilines is 1. The van der Waals surface area contributed by atoms with Gasteiger partial charge < -0.3 is 14.8 Å². The molecule has 35 heavy (non-hydrogen) atoms. The van der Waals surface area contributed by atoms with E-state index in [1.807, 2.05) is 54.6 Å². The van der Waals surface area contributed by atoms with E-state index in [1.165, 1.54) is 6.20 Å². The van der Waals surface area contributed by atoms with Crippen LogP contribution in [0, 0.1) is 0 Å². The second kappa shape index (κ2) is 9.88. The predicted octanol–water partition coefficient (Wildman–Crippen LogP) is 5.38. The summed E-state index contributed by atoms with van der Waals surface area (Å²) in [5.41, 5.74) is 3.03. The predicted molar refractivity (Wildman–Crippen MR) is 132 cm³/mol. The van der Waals surface area contributed by atoms with Crippen molar-refractivity contribution in [1.82, 2.24) is 19.7 Å². The van der Waals surface area contributed by atoms with Crippen LogP contribution in [0.4, 0.5) is 5.69 Å². The van der Waals surface area contributed by atoms with E-state index in [1.54, 1.807) is 54.6 Å². The number of hydrogen-bond donors (Lipinski definition) is 1. The minimum absolute atomic E-state index is 0.315. The van der Waals surface area contributed by atoms with Gasteiger partial charge in [0.2, 0.25) is 5.88 Å². The number of nitrogens with zero attached hydrogens (tertiary/aromatic N) is 4. The highest BCUT2D eigenvalue weighted by Crippen LogP contribution is 2.32. The molecular formula is C27H21N5O3. The largest absolute Gasteiger partial charge is 0.496 e. The molecule has 0 atom stereocenters. The molecule has 0 bridgehead atoms. The molecule has 8 nitrogen and oxygen atoms in total. The number of carbonyl (C=O) groups is 1. The van der Waals surface area contributed by atoms with Crippen molar-refractivity contribution >= 4 is 11.6 Å². The van der Waals surface area contributed by atoms with Gasteiger partial charge in [-0.3, -0.25) is 9.78 Å². The van der Waals surface area contributed by atoms with Crippen molar-refractivity contribution in [1.29, 1.82) is 0 Å². The molecule has 0 aliphatic carbocycles. The molecule has 8 heteroatoms. The summed E-state index contributed by atoms with van der Waals surface area (Å²) in [4.78, 5) is 21.6. The quantitative estimate of drug-likeness (QED) is 0.348. The van der Waals surface area contributed by atoms with Gasteiger partial charge in [-0.05, 0) is 36.4 Å². The van der Waals surface area contributed by atoms with Gasteiger partial charge in [-0.15, -0.1) is 0 Å². The summed E-state index contributed by atoms with van der Waals surface area (Å²) in [6, 6.07) is 24.2. The zero-order valence-corrected chi connectivity index (χ0v) is 18.8. The molecule has 5 aromatic rings. The molecule has 1 amide bonds. The molecular weight excluding hydrogens is 442 g/mol. The lowest BCUT2D eigenvalue weighted by molar-refractivity contribution is 0.102. The number of ether oxygens (including phenoxy) is 2. The number of hydrogen-bond acceptors (Lipinski definition) is 6. The van der Waals surface area contributed by atoms with E-state index < -0.39 is 0 Å². The third-order valence-electron chi connectivity index (χ3n) is 5.20. The van der Waals surface area contributed by atoms with Gasteiger partial charge in [0.15, 0.2) is 0 Å². The summed E-state index contributed by atoms with van der Waals surface area (Å²) in [5, 5.41) is 7.68. The molecule has 172 valence electrons. The van der Waals surface area contributed by atoms with Gasteiger partial charge in [0, 0.05) is 35.9 Å². The van der Waals surface area contributed by atoms with Crippen LogP contribution in [-0.4, -0.2) is 32.8 Å². The molecule has 0 spiro atoms. The zero-order valence-electron chi connectivity index (χ0n) is 18.8. The van der Waals surface area contributed by atoms with Crippen LogP contribution >= 0.6 is 0 Å². The van der Waals surface area contributed by atoms with Gasteiger partial charge >= 0.3 is 0 Å². The Labute approximate surface area is 201 Å². The van der Waals surface area contributed by atoms with E-state index in [0.29, 0.717) is 34.3 Å². The van der Waals surface area contributed by atoms with Gasteiger partial charge in [-0.2, -0.15) is 5.10 Å². The van der Waals surface area contributed by atoms with Crippen LogP contribution in [0.1, 0.15) is 10.4 Å². The average Bonchev–Trinajstić information content (AvgIpc) is 3.36. The van der Waals surface area contributed by atoms with Crippen molar-refractivity contribution in [3.8, 4) is 34.3 Å². The second-order valence-corrected chi connectivity index (χ2v) is 7.50. The summed E-state index contributed by atoms with van der Waals surface area (Å²) >= 11 is 0. The van der Waals surface area contributed by atoms with Gasteiger partial charge in [0.25, 0.3) is 5.91 Å². The Bertz CT molecular complexity index is 1450. The lowest BCUT2D eigenvalue weighted by Crippen LogP contribution is -2.12. The molecule has 0 aliphatic rings. The highest BCUT2D eigenvalue weighted by molar-refractivity contribution is 6.08. The van der Waals surface area contributed by atoms with Crippen molar-refractivity contribution in [3.63, 3.8) is 0 Å². The topological polar surface area (TPSA) is 91.2 Å². The minimum Gasteiger partial charge on any atom is -0.496 e. The first-order chi connectivity index (χ1) is 17.2. The normalized spacial score (nSPS) is 10.5. The molecule has 2 heterocycles. The molecule has 0 fully saturated rings. The van der Waals surface area contributed by atoms with E-state index in [9.17, 15) is 4.79 Å². The monoisotopic (exact) mass is 463 g/mol. The Kier molecular flexibility index (Phi) is 6.17. The smallest absolute Gasteiger partial charge is 0.259 e. The number of nitrogens with one attached hydrogen (secondary N) is 1. The third-order valence-corrected chi connectivity index (χ3v) is 5.20. The average molecular weight is 463 g/mol. The van der Waals surface area contributed by atoms with Gasteiger partial charge in [-0.1, -0.05) is 36.4 Å². The maximum absolute atomic E-state index is 13.5. The molecule has 0 saturated heterocycles. The fourth-order valence-electron chi connectivity index (χ4n) is 3.59. The van der Waals surface area contributed by atoms with Crippen LogP contribution < -0.4 is 14.8 Å². The van der Waals surface area contributed by atoms with E-state index in [0.717, 1.165) is 11.3 Å². The van der Waals surface area contributed by atoms with E-state index in [4.69, 9.17) is 14.6 Å². The lowest BCUT2D eigenvalue weighted by atomic mass is 10.1. The summed E-state index contributed by atoms with van der Waals surface area (Å²) in [5.74, 6) is 1.19. The molecule has 0 aliphatic heterocycles. The summed E-state index contributed by atoms with van der Waals surface area (Å²) in [7, 11) is 1.59. The summed E-state index contributed by atoms with van der Waals surface area (Å²) in [6.45, 7) is 0. The van der Waals surface area contributed by atoms with Crippen molar-refractivity contribution in [2.24, 2.45) is 0 Å². The first-order valence-corrected chi connectivity index (χ1v) is 10.8. The fraction of sp³-hybridized carbons (Fsp3) is 0.0370. The Balaban J connectivity index is 1.48. The van der Waals surface area contributed by atoms with Crippen molar-refractivity contribution in [3.05, 3.63) is 109 Å². The molecule has 5 rings (SSSR count). The molecule has 0 unspecified atom stereocenters. The molecule has 1 N–H and O–H groups in total. The van der Waals surface area contributed by atoms with Crippen LogP contribution in [0.5, 0.6) is 17.4 Å². The first kappa shape index (κ1) is 21.8. The number of amides is 1. The Morgan fingerprint density at radius 3 is 2.57 bits per heavy atom. The number of rotatable bonds is 7. The Morgan fingerprint density at radius 2 is 1.77 bits per heavy atom. The van der Waals surface area contributed by atoms with Crippen LogP contribution in [0.3, 0.4) is 0 Å². The van der Waals surface area contributed by atoms with E-state index in [-0.39, 0.29) is 5.91 Å². The molecule has 0 radical (unpaired) electrons. The summed E-state index contributed by atoms with van der Waals surface area (Å²) < 4.78 is 13.0. The van der Waals surface area contributed by atoms with Gasteiger partial charge in [0.05, 0.1) is 24.6 Å². The van der Waals surface area contributed by atoms with Crippen molar-refractivity contribution < 1.29 is 14.3 Å². The number of aromatic nitrogens is 4. The van der Waals surface area contributed by atoms with Crippen LogP contribution in [-0.2, 0) is 0 Å². The van der Waals surface area contributed by atoms with Crippen molar-refractivity contribution in [2.45, 2.75) is 0 Å². The maximum atomic E-state index is 13.5.